The van der Waals surface area contributed by atoms with E-state index in [1.807, 2.05) is 0 Å². The number of hydrogen-bond donors (Lipinski definition) is 1. The van der Waals surface area contributed by atoms with Crippen LogP contribution < -0.4 is 5.32 Å². The Kier molecular flexibility index (Phi) is 4.51. The smallest absolute Gasteiger partial charge is 0.132 e. The van der Waals surface area contributed by atoms with Crippen molar-refractivity contribution in [2.75, 3.05) is 31.5 Å². The van der Waals surface area contributed by atoms with Gasteiger partial charge in [-0.2, -0.15) is 0 Å². The summed E-state index contributed by atoms with van der Waals surface area (Å²) in [6, 6.07) is 0. The van der Waals surface area contributed by atoms with Crippen LogP contribution >= 0.6 is 0 Å². The molecule has 1 aliphatic carbocycles. The molecule has 0 radical (unpaired) electrons. The standard InChI is InChI=1S/C16H26N4/c1-2-20-9-7-13(8-10-20)11-17-16-14-5-3-4-6-15(14)18-12-19-16/h12-13H,2-11H2,1H3,(H,17,18,19). The molecule has 1 saturated heterocycles. The van der Waals surface area contributed by atoms with E-state index in [2.05, 4.69) is 27.1 Å². The number of hydrogen-bond acceptors (Lipinski definition) is 4. The number of likely N-dealkylation sites (tertiary alicyclic amines) is 1. The minimum atomic E-state index is 0.798. The molecular weight excluding hydrogens is 248 g/mol. The van der Waals surface area contributed by atoms with Crippen molar-refractivity contribution in [3.8, 4) is 0 Å². The maximum atomic E-state index is 4.47. The Labute approximate surface area is 122 Å². The highest BCUT2D eigenvalue weighted by Crippen LogP contribution is 2.25. The van der Waals surface area contributed by atoms with E-state index >= 15 is 0 Å². The van der Waals surface area contributed by atoms with Gasteiger partial charge in [0.25, 0.3) is 0 Å². The van der Waals surface area contributed by atoms with Gasteiger partial charge in [0.05, 0.1) is 0 Å². The van der Waals surface area contributed by atoms with Crippen LogP contribution in [-0.2, 0) is 12.8 Å². The van der Waals surface area contributed by atoms with Gasteiger partial charge in [0.1, 0.15) is 12.1 Å². The monoisotopic (exact) mass is 274 g/mol. The zero-order chi connectivity index (χ0) is 13.8. The molecule has 0 bridgehead atoms. The Balaban J connectivity index is 1.56. The highest BCUT2D eigenvalue weighted by Gasteiger charge is 2.19. The molecule has 4 heteroatoms. The van der Waals surface area contributed by atoms with E-state index in [9.17, 15) is 0 Å². The molecule has 0 amide bonds. The van der Waals surface area contributed by atoms with Crippen molar-refractivity contribution in [3.63, 3.8) is 0 Å². The quantitative estimate of drug-likeness (QED) is 0.916. The molecule has 2 heterocycles. The molecule has 0 aromatic carbocycles. The molecule has 110 valence electrons. The van der Waals surface area contributed by atoms with Crippen molar-refractivity contribution in [1.29, 1.82) is 0 Å². The molecule has 4 nitrogen and oxygen atoms in total. The first kappa shape index (κ1) is 13.8. The molecule has 3 rings (SSSR count). The summed E-state index contributed by atoms with van der Waals surface area (Å²) in [5.74, 6) is 1.90. The molecule has 0 spiro atoms. The zero-order valence-electron chi connectivity index (χ0n) is 12.6. The summed E-state index contributed by atoms with van der Waals surface area (Å²) < 4.78 is 0. The van der Waals surface area contributed by atoms with Gasteiger partial charge in [0.15, 0.2) is 0 Å². The Hall–Kier alpha value is -1.16. The minimum absolute atomic E-state index is 0.798. The molecule has 1 N–H and O–H groups in total. The molecule has 0 saturated carbocycles. The minimum Gasteiger partial charge on any atom is -0.369 e. The van der Waals surface area contributed by atoms with Crippen molar-refractivity contribution in [2.45, 2.75) is 45.4 Å². The third kappa shape index (κ3) is 3.11. The van der Waals surface area contributed by atoms with Crippen LogP contribution in [0.5, 0.6) is 0 Å². The summed E-state index contributed by atoms with van der Waals surface area (Å²) in [6.07, 6.45) is 9.19. The zero-order valence-corrected chi connectivity index (χ0v) is 12.6. The molecule has 0 unspecified atom stereocenters. The Morgan fingerprint density at radius 2 is 2.00 bits per heavy atom. The van der Waals surface area contributed by atoms with Crippen LogP contribution in [0.1, 0.15) is 43.9 Å². The van der Waals surface area contributed by atoms with E-state index < -0.39 is 0 Å². The number of anilines is 1. The largest absolute Gasteiger partial charge is 0.369 e. The first-order valence-electron chi connectivity index (χ1n) is 8.15. The van der Waals surface area contributed by atoms with E-state index in [0.29, 0.717) is 0 Å². The highest BCUT2D eigenvalue weighted by molar-refractivity contribution is 5.46. The summed E-state index contributed by atoms with van der Waals surface area (Å²) in [4.78, 5) is 11.5. The van der Waals surface area contributed by atoms with Crippen molar-refractivity contribution < 1.29 is 0 Å². The fourth-order valence-corrected chi connectivity index (χ4v) is 3.42. The number of piperidine rings is 1. The van der Waals surface area contributed by atoms with Crippen LogP contribution in [0, 0.1) is 5.92 Å². The van der Waals surface area contributed by atoms with E-state index in [1.165, 1.54) is 56.6 Å². The summed E-state index contributed by atoms with van der Waals surface area (Å²) in [5.41, 5.74) is 2.65. The molecule has 1 aromatic rings. The van der Waals surface area contributed by atoms with Gasteiger partial charge in [0, 0.05) is 17.8 Å². The summed E-state index contributed by atoms with van der Waals surface area (Å²) in [6.45, 7) is 7.03. The van der Waals surface area contributed by atoms with Crippen molar-refractivity contribution in [3.05, 3.63) is 17.6 Å². The predicted octanol–water partition coefficient (Wildman–Crippen LogP) is 2.50. The van der Waals surface area contributed by atoms with E-state index in [0.717, 1.165) is 31.1 Å². The van der Waals surface area contributed by atoms with E-state index in [4.69, 9.17) is 0 Å². The second-order valence-electron chi connectivity index (χ2n) is 6.11. The summed E-state index contributed by atoms with van der Waals surface area (Å²) >= 11 is 0. The second-order valence-corrected chi connectivity index (χ2v) is 6.11. The Morgan fingerprint density at radius 3 is 2.80 bits per heavy atom. The van der Waals surface area contributed by atoms with Crippen LogP contribution in [0.3, 0.4) is 0 Å². The van der Waals surface area contributed by atoms with Gasteiger partial charge in [0.2, 0.25) is 0 Å². The molecule has 2 aliphatic rings. The third-order valence-electron chi connectivity index (χ3n) is 4.84. The van der Waals surface area contributed by atoms with Gasteiger partial charge in [-0.3, -0.25) is 0 Å². The SMILES string of the molecule is CCN1CCC(CNc2ncnc3c2CCCC3)CC1. The average molecular weight is 274 g/mol. The lowest BCUT2D eigenvalue weighted by atomic mass is 9.95. The first-order valence-corrected chi connectivity index (χ1v) is 8.15. The highest BCUT2D eigenvalue weighted by atomic mass is 15.1. The molecule has 1 aromatic heterocycles. The Bertz CT molecular complexity index is 438. The maximum Gasteiger partial charge on any atom is 0.132 e. The molecule has 20 heavy (non-hydrogen) atoms. The number of fused-ring (bicyclic) bond motifs is 1. The number of rotatable bonds is 4. The summed E-state index contributed by atoms with van der Waals surface area (Å²) in [5, 5.41) is 3.61. The van der Waals surface area contributed by atoms with Gasteiger partial charge in [-0.1, -0.05) is 6.92 Å². The van der Waals surface area contributed by atoms with Crippen LogP contribution in [0.25, 0.3) is 0 Å². The van der Waals surface area contributed by atoms with Gasteiger partial charge in [-0.15, -0.1) is 0 Å². The van der Waals surface area contributed by atoms with E-state index in [1.54, 1.807) is 6.33 Å². The topological polar surface area (TPSA) is 41.0 Å². The van der Waals surface area contributed by atoms with Crippen LogP contribution in [-0.4, -0.2) is 41.0 Å². The van der Waals surface area contributed by atoms with Gasteiger partial charge >= 0.3 is 0 Å². The predicted molar refractivity (Wildman–Crippen MR) is 82.0 cm³/mol. The van der Waals surface area contributed by atoms with Crippen LogP contribution in [0.2, 0.25) is 0 Å². The lowest BCUT2D eigenvalue weighted by molar-refractivity contribution is 0.198. The Morgan fingerprint density at radius 1 is 1.20 bits per heavy atom. The third-order valence-corrected chi connectivity index (χ3v) is 4.84. The number of nitrogens with zero attached hydrogens (tertiary/aromatic N) is 3. The van der Waals surface area contributed by atoms with Gasteiger partial charge in [-0.25, -0.2) is 9.97 Å². The van der Waals surface area contributed by atoms with Gasteiger partial charge < -0.3 is 10.2 Å². The summed E-state index contributed by atoms with van der Waals surface area (Å²) in [7, 11) is 0. The molecular formula is C16H26N4. The molecule has 0 atom stereocenters. The maximum absolute atomic E-state index is 4.47. The fraction of sp³-hybridized carbons (Fsp3) is 0.750. The van der Waals surface area contributed by atoms with Crippen LogP contribution in [0.4, 0.5) is 5.82 Å². The lowest BCUT2D eigenvalue weighted by Crippen LogP contribution is -2.35. The van der Waals surface area contributed by atoms with Crippen molar-refractivity contribution in [1.82, 2.24) is 14.9 Å². The number of aromatic nitrogens is 2. The second kappa shape index (κ2) is 6.53. The van der Waals surface area contributed by atoms with Crippen molar-refractivity contribution >= 4 is 5.82 Å². The van der Waals surface area contributed by atoms with Gasteiger partial charge in [-0.05, 0) is 64.1 Å². The number of nitrogens with one attached hydrogen (secondary N) is 1. The molecule has 1 fully saturated rings. The average Bonchev–Trinajstić information content (AvgIpc) is 2.53. The lowest BCUT2D eigenvalue weighted by Gasteiger charge is -2.31. The number of aryl methyl sites for hydroxylation is 1. The normalized spacial score (nSPS) is 20.6. The fourth-order valence-electron chi connectivity index (χ4n) is 3.42. The van der Waals surface area contributed by atoms with E-state index in [-0.39, 0.29) is 0 Å². The van der Waals surface area contributed by atoms with Crippen molar-refractivity contribution in [2.24, 2.45) is 5.92 Å². The molecule has 1 aliphatic heterocycles. The van der Waals surface area contributed by atoms with Crippen LogP contribution in [0.15, 0.2) is 6.33 Å². The first-order chi connectivity index (χ1) is 9.86.